The van der Waals surface area contributed by atoms with Crippen molar-refractivity contribution >= 4 is 31.5 Å². The summed E-state index contributed by atoms with van der Waals surface area (Å²) in [4.78, 5) is 14.8. The minimum absolute atomic E-state index is 0.0359. The Hall–Kier alpha value is -1.83. The van der Waals surface area contributed by atoms with Gasteiger partial charge in [-0.2, -0.15) is 0 Å². The van der Waals surface area contributed by atoms with Gasteiger partial charge in [-0.1, -0.05) is 11.2 Å². The second-order valence-electron chi connectivity index (χ2n) is 5.50. The molecule has 0 aliphatic rings. The zero-order chi connectivity index (χ0) is 21.0. The summed E-state index contributed by atoms with van der Waals surface area (Å²) in [5.74, 6) is -0.499. The highest BCUT2D eigenvalue weighted by Crippen LogP contribution is 2.27. The third kappa shape index (κ3) is 6.96. The Morgan fingerprint density at radius 1 is 1.25 bits per heavy atom. The molecule has 0 heterocycles. The lowest BCUT2D eigenvalue weighted by atomic mass is 10.1. The topological polar surface area (TPSA) is 155 Å². The van der Waals surface area contributed by atoms with Crippen LogP contribution in [0.4, 0.5) is 5.69 Å². The number of hydrogen-bond donors (Lipinski definition) is 3. The molecule has 1 atom stereocenters. The molecule has 0 aromatic heterocycles. The summed E-state index contributed by atoms with van der Waals surface area (Å²) in [6.45, 7) is 1.52. The lowest BCUT2D eigenvalue weighted by Crippen LogP contribution is -2.43. The van der Waals surface area contributed by atoms with Crippen LogP contribution in [0, 0.1) is 0 Å². The van der Waals surface area contributed by atoms with Gasteiger partial charge in [-0.3, -0.25) is 4.79 Å². The van der Waals surface area contributed by atoms with E-state index in [1.165, 1.54) is 18.2 Å². The van der Waals surface area contributed by atoms with Gasteiger partial charge < -0.3 is 28.5 Å². The number of hydrogen-bond acceptors (Lipinski definition) is 7. The number of amides is 1. The van der Waals surface area contributed by atoms with Crippen LogP contribution in [0.3, 0.4) is 0 Å². The second-order valence-corrected chi connectivity index (χ2v) is 9.52. The monoisotopic (exact) mass is 431 g/mol. The van der Waals surface area contributed by atoms with Gasteiger partial charge in [0.15, 0.2) is 11.1 Å². The van der Waals surface area contributed by atoms with Crippen LogP contribution in [-0.2, 0) is 24.4 Å². The fourth-order valence-corrected chi connectivity index (χ4v) is 4.70. The van der Waals surface area contributed by atoms with Crippen molar-refractivity contribution in [2.75, 3.05) is 41.0 Å². The normalized spacial score (nSPS) is 12.3. The van der Waals surface area contributed by atoms with Crippen molar-refractivity contribution in [3.63, 3.8) is 0 Å². The number of carbonyl (C=O) groups is 1. The Kier molecular flexibility index (Phi) is 10.9. The minimum Gasteiger partial charge on any atom is -0.377 e. The smallest absolute Gasteiger partial charge is 0.377 e. The Labute approximate surface area is 167 Å². The second kappa shape index (κ2) is 12.6. The Bertz CT molecular complexity index is 719. The standard InChI is InChI=1S/C15H25N5O6SSi/c1-24-28(25-2,26-3)11-5-8-17-9-10-18-15(21)12-6-4-7-13(27(22)23)14(12)19-20-16/h4,6-7,17H,5,8-11H2,1-3H3,(H,18,21)(H,22,23). The van der Waals surface area contributed by atoms with Crippen molar-refractivity contribution in [3.05, 3.63) is 34.2 Å². The maximum atomic E-state index is 12.3. The maximum absolute atomic E-state index is 12.3. The molecule has 28 heavy (non-hydrogen) atoms. The van der Waals surface area contributed by atoms with Crippen molar-refractivity contribution in [2.24, 2.45) is 5.11 Å². The van der Waals surface area contributed by atoms with E-state index in [1.54, 1.807) is 21.3 Å². The maximum Gasteiger partial charge on any atom is 0.500 e. The molecular formula is C15H25N5O6SSi. The molecule has 1 aromatic carbocycles. The lowest BCUT2D eigenvalue weighted by Gasteiger charge is -2.24. The Balaban J connectivity index is 2.49. The molecule has 0 aliphatic heterocycles. The van der Waals surface area contributed by atoms with E-state index in [1.807, 2.05) is 0 Å². The van der Waals surface area contributed by atoms with E-state index in [9.17, 15) is 13.6 Å². The first-order chi connectivity index (χ1) is 13.4. The molecule has 1 amide bonds. The highest BCUT2D eigenvalue weighted by molar-refractivity contribution is 7.79. The third-order valence-corrected chi connectivity index (χ3v) is 7.47. The van der Waals surface area contributed by atoms with E-state index in [-0.39, 0.29) is 16.1 Å². The highest BCUT2D eigenvalue weighted by Gasteiger charge is 2.36. The molecule has 1 unspecified atom stereocenters. The zero-order valence-corrected chi connectivity index (χ0v) is 17.8. The van der Waals surface area contributed by atoms with Crippen molar-refractivity contribution < 1.29 is 26.8 Å². The number of azide groups is 1. The van der Waals surface area contributed by atoms with Gasteiger partial charge >= 0.3 is 8.80 Å². The van der Waals surface area contributed by atoms with Crippen molar-refractivity contribution in [1.82, 2.24) is 10.6 Å². The molecule has 156 valence electrons. The molecule has 11 nitrogen and oxygen atoms in total. The van der Waals surface area contributed by atoms with E-state index in [4.69, 9.17) is 18.8 Å². The van der Waals surface area contributed by atoms with Gasteiger partial charge in [0.25, 0.3) is 5.91 Å². The van der Waals surface area contributed by atoms with Crippen LogP contribution in [0.15, 0.2) is 28.2 Å². The van der Waals surface area contributed by atoms with Crippen LogP contribution in [0.1, 0.15) is 16.8 Å². The van der Waals surface area contributed by atoms with Crippen LogP contribution in [0.25, 0.3) is 10.4 Å². The average Bonchev–Trinajstić information content (AvgIpc) is 2.70. The Morgan fingerprint density at radius 3 is 2.50 bits per heavy atom. The predicted molar refractivity (Wildman–Crippen MR) is 106 cm³/mol. The SMILES string of the molecule is CO[Si](CCCNCCNC(=O)c1cccc(S(=O)O)c1N=[N+]=[N-])(OC)OC. The van der Waals surface area contributed by atoms with E-state index < -0.39 is 25.8 Å². The molecular weight excluding hydrogens is 406 g/mol. The van der Waals surface area contributed by atoms with Gasteiger partial charge in [-0.25, -0.2) is 4.21 Å². The molecule has 1 aromatic rings. The lowest BCUT2D eigenvalue weighted by molar-refractivity contribution is 0.0954. The van der Waals surface area contributed by atoms with Crippen molar-refractivity contribution in [1.29, 1.82) is 0 Å². The molecule has 0 spiro atoms. The van der Waals surface area contributed by atoms with Gasteiger partial charge in [0.05, 0.1) is 16.1 Å². The Morgan fingerprint density at radius 2 is 1.93 bits per heavy atom. The summed E-state index contributed by atoms with van der Waals surface area (Å²) < 4.78 is 36.6. The molecule has 0 aliphatic carbocycles. The van der Waals surface area contributed by atoms with Crippen LogP contribution < -0.4 is 10.6 Å². The minimum atomic E-state index is -2.57. The molecule has 0 radical (unpaired) electrons. The third-order valence-electron chi connectivity index (χ3n) is 3.93. The summed E-state index contributed by atoms with van der Waals surface area (Å²) >= 11 is -2.37. The molecule has 0 saturated heterocycles. The van der Waals surface area contributed by atoms with E-state index in [2.05, 4.69) is 20.7 Å². The number of benzene rings is 1. The van der Waals surface area contributed by atoms with Gasteiger partial charge in [0.1, 0.15) is 0 Å². The summed E-state index contributed by atoms with van der Waals surface area (Å²) in [5, 5.41) is 9.23. The van der Waals surface area contributed by atoms with Crippen LogP contribution in [0.5, 0.6) is 0 Å². The summed E-state index contributed by atoms with van der Waals surface area (Å²) in [6, 6.07) is 4.86. The number of carbonyl (C=O) groups excluding carboxylic acids is 1. The molecule has 0 saturated carbocycles. The van der Waals surface area contributed by atoms with Gasteiger partial charge in [-0.15, -0.1) is 0 Å². The van der Waals surface area contributed by atoms with Crippen molar-refractivity contribution in [2.45, 2.75) is 17.4 Å². The summed E-state index contributed by atoms with van der Waals surface area (Å²) in [5.41, 5.74) is 8.53. The van der Waals surface area contributed by atoms with Crippen molar-refractivity contribution in [3.8, 4) is 0 Å². The predicted octanol–water partition coefficient (Wildman–Crippen LogP) is 1.80. The summed E-state index contributed by atoms with van der Waals surface area (Å²) in [7, 11) is 2.12. The van der Waals surface area contributed by atoms with Crippen LogP contribution in [0.2, 0.25) is 6.04 Å². The number of nitrogens with zero attached hydrogens (tertiary/aromatic N) is 3. The first-order valence-electron chi connectivity index (χ1n) is 8.38. The fraction of sp³-hybridized carbons (Fsp3) is 0.533. The van der Waals surface area contributed by atoms with Gasteiger partial charge in [0, 0.05) is 45.4 Å². The van der Waals surface area contributed by atoms with Crippen LogP contribution in [-0.4, -0.2) is 64.4 Å². The molecule has 13 heteroatoms. The first-order valence-corrected chi connectivity index (χ1v) is 11.4. The first kappa shape index (κ1) is 24.2. The quantitative estimate of drug-likeness (QED) is 0.107. The molecule has 0 bridgehead atoms. The molecule has 1 rings (SSSR count). The number of nitrogens with one attached hydrogen (secondary N) is 2. The average molecular weight is 432 g/mol. The molecule has 3 N–H and O–H groups in total. The fourth-order valence-electron chi connectivity index (χ4n) is 2.47. The van der Waals surface area contributed by atoms with Crippen LogP contribution >= 0.6 is 0 Å². The summed E-state index contributed by atoms with van der Waals surface area (Å²) in [6.07, 6.45) is 0.779. The van der Waals surface area contributed by atoms with E-state index in [0.29, 0.717) is 25.7 Å². The highest BCUT2D eigenvalue weighted by atomic mass is 32.2. The van der Waals surface area contributed by atoms with Gasteiger partial charge in [0.2, 0.25) is 0 Å². The molecule has 0 fully saturated rings. The van der Waals surface area contributed by atoms with E-state index in [0.717, 1.165) is 6.42 Å². The number of rotatable bonds is 13. The largest absolute Gasteiger partial charge is 0.500 e. The van der Waals surface area contributed by atoms with E-state index >= 15 is 0 Å². The zero-order valence-electron chi connectivity index (χ0n) is 16.0. The van der Waals surface area contributed by atoms with Gasteiger partial charge in [-0.05, 0) is 30.6 Å².